The van der Waals surface area contributed by atoms with Crippen molar-refractivity contribution in [3.05, 3.63) is 46.5 Å². The Kier molecular flexibility index (Phi) is 4.19. The zero-order chi connectivity index (χ0) is 18.3. The van der Waals surface area contributed by atoms with Crippen molar-refractivity contribution in [1.29, 1.82) is 0 Å². The van der Waals surface area contributed by atoms with Gasteiger partial charge in [0.1, 0.15) is 5.82 Å². The van der Waals surface area contributed by atoms with E-state index in [1.165, 1.54) is 0 Å². The molecule has 0 bridgehead atoms. The molecule has 1 aromatic carbocycles. The van der Waals surface area contributed by atoms with E-state index in [1.54, 1.807) is 17.0 Å². The van der Waals surface area contributed by atoms with E-state index in [-0.39, 0.29) is 11.8 Å². The number of aryl methyl sites for hydroxylation is 1. The number of hydrogen-bond donors (Lipinski definition) is 1. The van der Waals surface area contributed by atoms with Crippen LogP contribution in [-0.4, -0.2) is 44.6 Å². The molecule has 1 aromatic heterocycles. The predicted octanol–water partition coefficient (Wildman–Crippen LogP) is 1.44. The van der Waals surface area contributed by atoms with Gasteiger partial charge >= 0.3 is 0 Å². The number of amides is 2. The van der Waals surface area contributed by atoms with Crippen LogP contribution in [0.25, 0.3) is 0 Å². The Balaban J connectivity index is 1.49. The Labute approximate surface area is 156 Å². The van der Waals surface area contributed by atoms with E-state index in [9.17, 15) is 9.59 Å². The van der Waals surface area contributed by atoms with Gasteiger partial charge in [0.05, 0.1) is 5.41 Å². The van der Waals surface area contributed by atoms with Crippen molar-refractivity contribution in [1.82, 2.24) is 19.7 Å². The van der Waals surface area contributed by atoms with Crippen LogP contribution in [0.3, 0.4) is 0 Å². The summed E-state index contributed by atoms with van der Waals surface area (Å²) in [5, 5.41) is 8.85. The molecule has 2 aliphatic rings. The number of fused-ring (bicyclic) bond motifs is 1. The Morgan fingerprint density at radius 2 is 1.88 bits per heavy atom. The first-order valence-electron chi connectivity index (χ1n) is 8.74. The molecular formula is C18H20ClN5O2. The van der Waals surface area contributed by atoms with Crippen LogP contribution in [0, 0.1) is 5.41 Å². The van der Waals surface area contributed by atoms with Gasteiger partial charge in [-0.25, -0.2) is 0 Å². The number of rotatable bonds is 4. The number of nitrogens with two attached hydrogens (primary N) is 1. The van der Waals surface area contributed by atoms with Crippen LogP contribution >= 0.6 is 11.6 Å². The molecular weight excluding hydrogens is 354 g/mol. The second kappa shape index (κ2) is 6.39. The lowest BCUT2D eigenvalue weighted by atomic mass is 9.74. The van der Waals surface area contributed by atoms with Gasteiger partial charge in [-0.15, -0.1) is 10.2 Å². The van der Waals surface area contributed by atoms with Crippen LogP contribution in [0.2, 0.25) is 5.02 Å². The fraction of sp³-hybridized carbons (Fsp3) is 0.444. The highest BCUT2D eigenvalue weighted by Crippen LogP contribution is 2.35. The fourth-order valence-corrected chi connectivity index (χ4v) is 3.91. The van der Waals surface area contributed by atoms with Gasteiger partial charge in [0, 0.05) is 31.1 Å². The minimum atomic E-state index is -0.742. The molecule has 0 spiro atoms. The number of hydrogen-bond acceptors (Lipinski definition) is 4. The summed E-state index contributed by atoms with van der Waals surface area (Å²) >= 11 is 5.91. The molecule has 0 saturated carbocycles. The molecule has 1 saturated heterocycles. The summed E-state index contributed by atoms with van der Waals surface area (Å²) in [7, 11) is 0. The number of likely N-dealkylation sites (tertiary alicyclic amines) is 1. The molecule has 0 unspecified atom stereocenters. The molecule has 3 heterocycles. The highest BCUT2D eigenvalue weighted by molar-refractivity contribution is 6.30. The second-order valence-electron chi connectivity index (χ2n) is 7.16. The molecule has 7 nitrogen and oxygen atoms in total. The minimum Gasteiger partial charge on any atom is -0.369 e. The molecule has 2 N–H and O–H groups in total. The third-order valence-corrected chi connectivity index (χ3v) is 5.56. The summed E-state index contributed by atoms with van der Waals surface area (Å²) in [5.41, 5.74) is 5.90. The number of nitrogens with zero attached hydrogens (tertiary/aromatic N) is 4. The molecule has 2 amide bonds. The lowest BCUT2D eigenvalue weighted by Crippen LogP contribution is -2.65. The molecule has 26 heavy (non-hydrogen) atoms. The molecule has 0 radical (unpaired) electrons. The molecule has 136 valence electrons. The van der Waals surface area contributed by atoms with E-state index < -0.39 is 5.41 Å². The first-order valence-corrected chi connectivity index (χ1v) is 9.12. The second-order valence-corrected chi connectivity index (χ2v) is 7.59. The summed E-state index contributed by atoms with van der Waals surface area (Å²) in [6, 6.07) is 7.34. The smallest absolute Gasteiger partial charge is 0.291 e. The van der Waals surface area contributed by atoms with Crippen LogP contribution in [0.1, 0.15) is 34.8 Å². The average molecular weight is 374 g/mol. The quantitative estimate of drug-likeness (QED) is 0.877. The van der Waals surface area contributed by atoms with Gasteiger partial charge in [0.2, 0.25) is 11.7 Å². The van der Waals surface area contributed by atoms with Crippen molar-refractivity contribution in [3.8, 4) is 0 Å². The van der Waals surface area contributed by atoms with Crippen molar-refractivity contribution < 1.29 is 9.59 Å². The lowest BCUT2D eigenvalue weighted by Gasteiger charge is -2.47. The molecule has 4 rings (SSSR count). The Morgan fingerprint density at radius 3 is 2.58 bits per heavy atom. The number of carbonyl (C=O) groups excluding carboxylic acids is 2. The van der Waals surface area contributed by atoms with Crippen molar-refractivity contribution in [2.45, 2.75) is 32.2 Å². The van der Waals surface area contributed by atoms with Crippen LogP contribution in [0.4, 0.5) is 0 Å². The van der Waals surface area contributed by atoms with Gasteiger partial charge in [0.15, 0.2) is 0 Å². The van der Waals surface area contributed by atoms with Gasteiger partial charge in [-0.05, 0) is 37.0 Å². The molecule has 0 atom stereocenters. The summed E-state index contributed by atoms with van der Waals surface area (Å²) in [4.78, 5) is 26.5. The van der Waals surface area contributed by atoms with Crippen LogP contribution < -0.4 is 5.73 Å². The van der Waals surface area contributed by atoms with E-state index in [4.69, 9.17) is 17.3 Å². The largest absolute Gasteiger partial charge is 0.369 e. The zero-order valence-electron chi connectivity index (χ0n) is 14.3. The molecule has 8 heteroatoms. The van der Waals surface area contributed by atoms with Crippen molar-refractivity contribution in [2.24, 2.45) is 11.1 Å². The van der Waals surface area contributed by atoms with Gasteiger partial charge in [-0.3, -0.25) is 9.59 Å². The number of primary amides is 1. The third kappa shape index (κ3) is 2.86. The molecule has 0 aliphatic carbocycles. The highest BCUT2D eigenvalue weighted by atomic mass is 35.5. The maximum atomic E-state index is 12.8. The first-order chi connectivity index (χ1) is 12.5. The summed E-state index contributed by atoms with van der Waals surface area (Å²) in [6.45, 7) is 1.36. The van der Waals surface area contributed by atoms with Crippen LogP contribution in [-0.2, 0) is 24.2 Å². The van der Waals surface area contributed by atoms with Crippen molar-refractivity contribution >= 4 is 23.4 Å². The number of aromatic nitrogens is 3. The standard InChI is InChI=1S/C18H20ClN5O2/c19-13-6-4-12(5-7-13)9-18(17(20)26)10-23(11-18)16(25)15-22-21-14-3-1-2-8-24(14)15/h4-7H,1-3,8-11H2,(H2,20,26). The average Bonchev–Trinajstić information content (AvgIpc) is 3.02. The topological polar surface area (TPSA) is 94.1 Å². The maximum Gasteiger partial charge on any atom is 0.291 e. The normalized spacial score (nSPS) is 18.1. The fourth-order valence-electron chi connectivity index (χ4n) is 3.78. The summed E-state index contributed by atoms with van der Waals surface area (Å²) in [6.07, 6.45) is 3.43. The van der Waals surface area contributed by atoms with Crippen molar-refractivity contribution in [2.75, 3.05) is 13.1 Å². The zero-order valence-corrected chi connectivity index (χ0v) is 15.1. The number of benzene rings is 1. The van der Waals surface area contributed by atoms with Crippen LogP contribution in [0.5, 0.6) is 0 Å². The van der Waals surface area contributed by atoms with E-state index >= 15 is 0 Å². The van der Waals surface area contributed by atoms with E-state index in [2.05, 4.69) is 10.2 Å². The van der Waals surface area contributed by atoms with E-state index in [0.717, 1.165) is 37.2 Å². The van der Waals surface area contributed by atoms with Gasteiger partial charge in [-0.1, -0.05) is 23.7 Å². The summed E-state index contributed by atoms with van der Waals surface area (Å²) in [5.74, 6) is 0.658. The van der Waals surface area contributed by atoms with Gasteiger partial charge in [0.25, 0.3) is 5.91 Å². The predicted molar refractivity (Wildman–Crippen MR) is 95.6 cm³/mol. The highest BCUT2D eigenvalue weighted by Gasteiger charge is 2.50. The number of halogens is 1. The maximum absolute atomic E-state index is 12.8. The SMILES string of the molecule is NC(=O)C1(Cc2ccc(Cl)cc2)CN(C(=O)c2nnc3n2CCCC3)C1. The Hall–Kier alpha value is -2.41. The van der Waals surface area contributed by atoms with Crippen molar-refractivity contribution in [3.63, 3.8) is 0 Å². The molecule has 1 fully saturated rings. The van der Waals surface area contributed by atoms with Crippen LogP contribution in [0.15, 0.2) is 24.3 Å². The minimum absolute atomic E-state index is 0.182. The molecule has 2 aromatic rings. The van der Waals surface area contributed by atoms with E-state index in [1.807, 2.05) is 16.7 Å². The Morgan fingerprint density at radius 1 is 1.15 bits per heavy atom. The van der Waals surface area contributed by atoms with Gasteiger partial charge < -0.3 is 15.2 Å². The number of carbonyl (C=O) groups is 2. The Bertz CT molecular complexity index is 855. The first kappa shape index (κ1) is 17.0. The molecule has 2 aliphatic heterocycles. The van der Waals surface area contributed by atoms with E-state index in [0.29, 0.717) is 30.4 Å². The third-order valence-electron chi connectivity index (χ3n) is 5.30. The summed E-state index contributed by atoms with van der Waals surface area (Å²) < 4.78 is 1.90. The lowest BCUT2D eigenvalue weighted by molar-refractivity contribution is -0.135. The monoisotopic (exact) mass is 373 g/mol. The van der Waals surface area contributed by atoms with Gasteiger partial charge in [-0.2, -0.15) is 0 Å².